The van der Waals surface area contributed by atoms with E-state index < -0.39 is 5.60 Å². The van der Waals surface area contributed by atoms with E-state index in [1.54, 1.807) is 6.20 Å². The van der Waals surface area contributed by atoms with E-state index in [1.165, 1.54) is 11.3 Å². The molecule has 1 aliphatic rings. The highest BCUT2D eigenvalue weighted by molar-refractivity contribution is 7.15. The third kappa shape index (κ3) is 7.08. The number of rotatable bonds is 6. The van der Waals surface area contributed by atoms with Crippen LogP contribution >= 0.6 is 22.9 Å². The number of likely N-dealkylation sites (tertiary alicyclic amines) is 1. The molecule has 2 heterocycles. The summed E-state index contributed by atoms with van der Waals surface area (Å²) in [5.74, 6) is 0.558. The van der Waals surface area contributed by atoms with Crippen LogP contribution in [0.15, 0.2) is 30.5 Å². The monoisotopic (exact) mass is 436 g/mol. The summed E-state index contributed by atoms with van der Waals surface area (Å²) >= 11 is 7.34. The Kier molecular flexibility index (Phi) is 7.24. The number of nitrogens with one attached hydrogen (secondary N) is 2. The van der Waals surface area contributed by atoms with Gasteiger partial charge >= 0.3 is 6.09 Å². The molecule has 0 spiro atoms. The average molecular weight is 437 g/mol. The van der Waals surface area contributed by atoms with Crippen LogP contribution in [0.3, 0.4) is 0 Å². The second-order valence-electron chi connectivity index (χ2n) is 8.30. The maximum Gasteiger partial charge on any atom is 0.410 e. The third-order valence-electron chi connectivity index (χ3n) is 4.74. The van der Waals surface area contributed by atoms with Crippen molar-refractivity contribution in [3.05, 3.63) is 39.8 Å². The maximum absolute atomic E-state index is 12.1. The number of piperidine rings is 1. The van der Waals surface area contributed by atoms with Crippen LogP contribution in [0, 0.1) is 5.92 Å². The molecule has 0 radical (unpaired) electrons. The van der Waals surface area contributed by atoms with Gasteiger partial charge in [-0.15, -0.1) is 11.3 Å². The first-order valence-electron chi connectivity index (χ1n) is 9.94. The number of nitrogens with zero attached hydrogens (tertiary/aromatic N) is 2. The average Bonchev–Trinajstić information content (AvgIpc) is 3.10. The van der Waals surface area contributed by atoms with Gasteiger partial charge in [-0.1, -0.05) is 11.6 Å². The van der Waals surface area contributed by atoms with Gasteiger partial charge in [0.15, 0.2) is 4.47 Å². The molecular formula is C21H29ClN4O2S. The molecule has 3 rings (SSSR count). The minimum Gasteiger partial charge on any atom is -0.444 e. The fraction of sp³-hybridized carbons (Fsp3) is 0.524. The van der Waals surface area contributed by atoms with Crippen molar-refractivity contribution in [2.75, 3.05) is 30.3 Å². The number of carbonyl (C=O) groups excluding carboxylic acids is 1. The Labute approximate surface area is 181 Å². The largest absolute Gasteiger partial charge is 0.444 e. The Balaban J connectivity index is 1.38. The number of hydrogen-bond donors (Lipinski definition) is 2. The lowest BCUT2D eigenvalue weighted by molar-refractivity contribution is 0.0188. The number of amides is 1. The van der Waals surface area contributed by atoms with Crippen LogP contribution in [-0.2, 0) is 11.3 Å². The smallest absolute Gasteiger partial charge is 0.410 e. The minimum atomic E-state index is -0.440. The van der Waals surface area contributed by atoms with Gasteiger partial charge in [-0.05, 0) is 63.8 Å². The van der Waals surface area contributed by atoms with Gasteiger partial charge < -0.3 is 20.3 Å². The Bertz CT molecular complexity index is 796. The summed E-state index contributed by atoms with van der Waals surface area (Å²) in [7, 11) is 0. The number of halogens is 1. The van der Waals surface area contributed by atoms with E-state index in [9.17, 15) is 4.79 Å². The highest BCUT2D eigenvalue weighted by atomic mass is 35.5. The molecule has 1 saturated heterocycles. The molecule has 6 nitrogen and oxygen atoms in total. The van der Waals surface area contributed by atoms with Crippen molar-refractivity contribution < 1.29 is 9.53 Å². The predicted octanol–water partition coefficient (Wildman–Crippen LogP) is 5.47. The number of aromatic nitrogens is 1. The van der Waals surface area contributed by atoms with E-state index in [0.29, 0.717) is 16.9 Å². The Hall–Kier alpha value is -1.99. The van der Waals surface area contributed by atoms with Crippen LogP contribution in [-0.4, -0.2) is 41.2 Å². The van der Waals surface area contributed by atoms with Gasteiger partial charge in [0.05, 0.1) is 6.54 Å². The van der Waals surface area contributed by atoms with E-state index in [0.717, 1.165) is 48.7 Å². The van der Waals surface area contributed by atoms with Crippen LogP contribution < -0.4 is 10.6 Å². The molecule has 1 fully saturated rings. The molecule has 0 atom stereocenters. The van der Waals surface area contributed by atoms with Crippen molar-refractivity contribution in [3.63, 3.8) is 0 Å². The quantitative estimate of drug-likeness (QED) is 0.628. The molecule has 2 aromatic rings. The van der Waals surface area contributed by atoms with E-state index in [2.05, 4.69) is 39.9 Å². The second kappa shape index (κ2) is 9.67. The fourth-order valence-electron chi connectivity index (χ4n) is 3.17. The Morgan fingerprint density at radius 3 is 2.38 bits per heavy atom. The zero-order chi connectivity index (χ0) is 20.9. The molecule has 1 aromatic carbocycles. The summed E-state index contributed by atoms with van der Waals surface area (Å²) in [4.78, 5) is 19.1. The first kappa shape index (κ1) is 21.7. The van der Waals surface area contributed by atoms with Gasteiger partial charge in [-0.3, -0.25) is 0 Å². The van der Waals surface area contributed by atoms with Gasteiger partial charge in [0.25, 0.3) is 0 Å². The zero-order valence-corrected chi connectivity index (χ0v) is 18.8. The predicted molar refractivity (Wildman–Crippen MR) is 120 cm³/mol. The Morgan fingerprint density at radius 2 is 1.83 bits per heavy atom. The van der Waals surface area contributed by atoms with Crippen LogP contribution in [0.5, 0.6) is 0 Å². The first-order valence-corrected chi connectivity index (χ1v) is 11.1. The molecule has 0 saturated carbocycles. The molecular weight excluding hydrogens is 408 g/mol. The van der Waals surface area contributed by atoms with Gasteiger partial charge in [0.1, 0.15) is 5.60 Å². The Morgan fingerprint density at radius 1 is 1.21 bits per heavy atom. The van der Waals surface area contributed by atoms with Gasteiger partial charge in [-0.25, -0.2) is 9.78 Å². The number of anilines is 2. The van der Waals surface area contributed by atoms with Gasteiger partial charge in [0, 0.05) is 42.1 Å². The van der Waals surface area contributed by atoms with Crippen molar-refractivity contribution in [2.24, 2.45) is 5.92 Å². The zero-order valence-electron chi connectivity index (χ0n) is 17.2. The van der Waals surface area contributed by atoms with E-state index in [-0.39, 0.29) is 6.09 Å². The standard InChI is InChI=1S/C21H29ClN4O2S/c1-21(2,3)28-20(27)26-10-8-15(9-11-26)12-23-16-4-6-17(7-5-16)24-13-18-14-25-19(22)29-18/h4-7,14-15,23-24H,8-13H2,1-3H3. The first-order chi connectivity index (χ1) is 13.8. The number of ether oxygens (including phenoxy) is 1. The number of hydrogen-bond acceptors (Lipinski definition) is 6. The van der Waals surface area contributed by atoms with Crippen LogP contribution in [0.1, 0.15) is 38.5 Å². The molecule has 2 N–H and O–H groups in total. The molecule has 1 amide bonds. The summed E-state index contributed by atoms with van der Waals surface area (Å²) in [5.41, 5.74) is 1.72. The number of benzene rings is 1. The van der Waals surface area contributed by atoms with Crippen molar-refractivity contribution in [3.8, 4) is 0 Å². The fourth-order valence-corrected chi connectivity index (χ4v) is 4.09. The number of carbonyl (C=O) groups is 1. The molecule has 8 heteroatoms. The summed E-state index contributed by atoms with van der Waals surface area (Å²) in [6.07, 6.45) is 3.57. The van der Waals surface area contributed by atoms with Crippen LogP contribution in [0.2, 0.25) is 4.47 Å². The molecule has 1 aromatic heterocycles. The number of thiazole rings is 1. The van der Waals surface area contributed by atoms with Crippen LogP contribution in [0.4, 0.5) is 16.2 Å². The summed E-state index contributed by atoms with van der Waals surface area (Å²) in [6, 6.07) is 8.29. The molecule has 0 aliphatic carbocycles. The summed E-state index contributed by atoms with van der Waals surface area (Å²) in [5, 5.41) is 6.89. The lowest BCUT2D eigenvalue weighted by Crippen LogP contribution is -2.42. The van der Waals surface area contributed by atoms with Crippen molar-refractivity contribution in [2.45, 2.75) is 45.8 Å². The normalized spacial score (nSPS) is 15.2. The highest BCUT2D eigenvalue weighted by Crippen LogP contribution is 2.22. The molecule has 0 bridgehead atoms. The van der Waals surface area contributed by atoms with Gasteiger partial charge in [-0.2, -0.15) is 0 Å². The summed E-state index contributed by atoms with van der Waals surface area (Å²) in [6.45, 7) is 8.84. The molecule has 29 heavy (non-hydrogen) atoms. The van der Waals surface area contributed by atoms with E-state index in [4.69, 9.17) is 16.3 Å². The second-order valence-corrected chi connectivity index (χ2v) is 10.00. The van der Waals surface area contributed by atoms with Crippen molar-refractivity contribution in [1.82, 2.24) is 9.88 Å². The molecule has 1 aliphatic heterocycles. The topological polar surface area (TPSA) is 66.5 Å². The lowest BCUT2D eigenvalue weighted by Gasteiger charge is -2.33. The molecule has 158 valence electrons. The van der Waals surface area contributed by atoms with Gasteiger partial charge in [0.2, 0.25) is 0 Å². The highest BCUT2D eigenvalue weighted by Gasteiger charge is 2.26. The minimum absolute atomic E-state index is 0.201. The molecule has 0 unspecified atom stereocenters. The summed E-state index contributed by atoms with van der Waals surface area (Å²) < 4.78 is 6.03. The maximum atomic E-state index is 12.1. The third-order valence-corrected chi connectivity index (χ3v) is 5.85. The van der Waals surface area contributed by atoms with Crippen LogP contribution in [0.25, 0.3) is 0 Å². The van der Waals surface area contributed by atoms with E-state index >= 15 is 0 Å². The van der Waals surface area contributed by atoms with E-state index in [1.807, 2.05) is 25.7 Å². The lowest BCUT2D eigenvalue weighted by atomic mass is 9.97. The van der Waals surface area contributed by atoms with Crippen molar-refractivity contribution in [1.29, 1.82) is 0 Å². The van der Waals surface area contributed by atoms with Crippen molar-refractivity contribution >= 4 is 40.4 Å². The SMILES string of the molecule is CC(C)(C)OC(=O)N1CCC(CNc2ccc(NCc3cnc(Cl)s3)cc2)CC1.